The Bertz CT molecular complexity index is 72.8. The molecule has 0 radical (unpaired) electrons. The molecule has 1 unspecified atom stereocenters. The molecule has 0 rings (SSSR count). The summed E-state index contributed by atoms with van der Waals surface area (Å²) >= 11 is 5.16. The highest BCUT2D eigenvalue weighted by Crippen LogP contribution is 1.87. The summed E-state index contributed by atoms with van der Waals surface area (Å²) in [5.74, 6) is 0. The monoisotopic (exact) mass is 135 g/mol. The second-order valence-electron chi connectivity index (χ2n) is 1.39. The third-order valence-corrected chi connectivity index (χ3v) is 0.706. The SMILES string of the molecule is CCC=NCC(O)Cl. The average Bonchev–Trinajstić information content (AvgIpc) is 1.66. The normalized spacial score (nSPS) is 14.9. The van der Waals surface area contributed by atoms with Gasteiger partial charge in [0.05, 0.1) is 6.54 Å². The van der Waals surface area contributed by atoms with Crippen molar-refractivity contribution in [3.63, 3.8) is 0 Å². The van der Waals surface area contributed by atoms with Crippen LogP contribution in [-0.4, -0.2) is 23.4 Å². The van der Waals surface area contributed by atoms with Gasteiger partial charge in [-0.1, -0.05) is 18.5 Å². The minimum absolute atomic E-state index is 0.301. The lowest BCUT2D eigenvalue weighted by atomic mass is 10.5. The zero-order chi connectivity index (χ0) is 6.41. The molecule has 2 nitrogen and oxygen atoms in total. The first kappa shape index (κ1) is 7.92. The maximum atomic E-state index is 8.43. The third-order valence-electron chi connectivity index (χ3n) is 0.568. The molecular formula is C5H10ClNO. The van der Waals surface area contributed by atoms with Crippen molar-refractivity contribution in [3.8, 4) is 0 Å². The summed E-state index contributed by atoms with van der Waals surface area (Å²) in [4.78, 5) is 3.78. The van der Waals surface area contributed by atoms with Crippen LogP contribution in [0.1, 0.15) is 13.3 Å². The Labute approximate surface area is 54.2 Å². The Morgan fingerprint density at radius 1 is 1.88 bits per heavy atom. The maximum Gasteiger partial charge on any atom is 0.147 e. The molecule has 0 aliphatic heterocycles. The molecule has 8 heavy (non-hydrogen) atoms. The summed E-state index contributed by atoms with van der Waals surface area (Å²) in [5.41, 5.74) is -0.821. The number of rotatable bonds is 3. The molecular weight excluding hydrogens is 126 g/mol. The van der Waals surface area contributed by atoms with E-state index in [2.05, 4.69) is 4.99 Å². The molecule has 3 heteroatoms. The van der Waals surface area contributed by atoms with Crippen molar-refractivity contribution in [1.29, 1.82) is 0 Å². The van der Waals surface area contributed by atoms with Gasteiger partial charge in [-0.3, -0.25) is 4.99 Å². The minimum Gasteiger partial charge on any atom is -0.376 e. The van der Waals surface area contributed by atoms with Gasteiger partial charge in [0.15, 0.2) is 0 Å². The summed E-state index contributed by atoms with van der Waals surface area (Å²) in [6.45, 7) is 2.28. The van der Waals surface area contributed by atoms with E-state index in [9.17, 15) is 0 Å². The molecule has 1 N–H and O–H groups in total. The Balaban J connectivity index is 3.03. The highest BCUT2D eigenvalue weighted by atomic mass is 35.5. The number of aliphatic imine (C=N–C) groups is 1. The highest BCUT2D eigenvalue weighted by molar-refractivity contribution is 6.19. The summed E-state index contributed by atoms with van der Waals surface area (Å²) < 4.78 is 0. The largest absolute Gasteiger partial charge is 0.376 e. The molecule has 0 aliphatic carbocycles. The third kappa shape index (κ3) is 5.92. The quantitative estimate of drug-likeness (QED) is 0.455. The van der Waals surface area contributed by atoms with E-state index in [1.165, 1.54) is 0 Å². The van der Waals surface area contributed by atoms with Crippen molar-refractivity contribution in [2.24, 2.45) is 4.99 Å². The van der Waals surface area contributed by atoms with Crippen LogP contribution in [0.15, 0.2) is 4.99 Å². The van der Waals surface area contributed by atoms with Gasteiger partial charge in [-0.25, -0.2) is 0 Å². The highest BCUT2D eigenvalue weighted by Gasteiger charge is 1.90. The number of nitrogens with zero attached hydrogens (tertiary/aromatic N) is 1. The van der Waals surface area contributed by atoms with E-state index in [1.54, 1.807) is 6.21 Å². The zero-order valence-corrected chi connectivity index (χ0v) is 5.60. The van der Waals surface area contributed by atoms with Crippen LogP contribution in [0.2, 0.25) is 0 Å². The molecule has 1 atom stereocenters. The first-order valence-electron chi connectivity index (χ1n) is 2.57. The number of hydrogen-bond acceptors (Lipinski definition) is 2. The molecule has 0 heterocycles. The molecule has 0 aliphatic rings. The second kappa shape index (κ2) is 5.06. The lowest BCUT2D eigenvalue weighted by Crippen LogP contribution is -1.99. The van der Waals surface area contributed by atoms with Crippen LogP contribution >= 0.6 is 11.6 Å². The topological polar surface area (TPSA) is 32.6 Å². The predicted octanol–water partition coefficient (Wildman–Crippen LogP) is 1.02. The van der Waals surface area contributed by atoms with Crippen LogP contribution in [0.5, 0.6) is 0 Å². The summed E-state index contributed by atoms with van der Waals surface area (Å²) in [5, 5.41) is 8.43. The van der Waals surface area contributed by atoms with E-state index in [-0.39, 0.29) is 0 Å². The summed E-state index contributed by atoms with van der Waals surface area (Å²) in [6, 6.07) is 0. The van der Waals surface area contributed by atoms with Crippen molar-refractivity contribution in [1.82, 2.24) is 0 Å². The van der Waals surface area contributed by atoms with E-state index >= 15 is 0 Å². The number of hydrogen-bond donors (Lipinski definition) is 1. The Morgan fingerprint density at radius 2 is 2.50 bits per heavy atom. The van der Waals surface area contributed by atoms with Gasteiger partial charge in [-0.15, -0.1) is 0 Å². The van der Waals surface area contributed by atoms with Crippen molar-refractivity contribution in [2.75, 3.05) is 6.54 Å². The first-order valence-corrected chi connectivity index (χ1v) is 3.01. The second-order valence-corrected chi connectivity index (χ2v) is 1.89. The molecule has 0 aromatic carbocycles. The van der Waals surface area contributed by atoms with Crippen LogP contribution in [0.4, 0.5) is 0 Å². The van der Waals surface area contributed by atoms with E-state index in [4.69, 9.17) is 16.7 Å². The van der Waals surface area contributed by atoms with Crippen LogP contribution in [-0.2, 0) is 0 Å². The number of aliphatic hydroxyl groups is 1. The Hall–Kier alpha value is -0.0800. The lowest BCUT2D eigenvalue weighted by molar-refractivity contribution is 0.265. The van der Waals surface area contributed by atoms with Crippen molar-refractivity contribution in [3.05, 3.63) is 0 Å². The average molecular weight is 136 g/mol. The van der Waals surface area contributed by atoms with Crippen LogP contribution < -0.4 is 0 Å². The van der Waals surface area contributed by atoms with Crippen molar-refractivity contribution >= 4 is 17.8 Å². The van der Waals surface area contributed by atoms with Gasteiger partial charge in [0, 0.05) is 0 Å². The maximum absolute atomic E-state index is 8.43. The number of halogens is 1. The fourth-order valence-electron chi connectivity index (χ4n) is 0.291. The number of alkyl halides is 1. The van der Waals surface area contributed by atoms with Gasteiger partial charge < -0.3 is 5.11 Å². The van der Waals surface area contributed by atoms with Gasteiger partial charge in [-0.05, 0) is 12.6 Å². The first-order chi connectivity index (χ1) is 3.77. The smallest absolute Gasteiger partial charge is 0.147 e. The van der Waals surface area contributed by atoms with Gasteiger partial charge in [0.2, 0.25) is 0 Å². The summed E-state index contributed by atoms with van der Waals surface area (Å²) in [7, 11) is 0. The molecule has 0 amide bonds. The fourth-order valence-corrected chi connectivity index (χ4v) is 0.370. The van der Waals surface area contributed by atoms with Gasteiger partial charge >= 0.3 is 0 Å². The standard InChI is InChI=1S/C5H10ClNO/c1-2-3-7-4-5(6)8/h3,5,8H,2,4H2,1H3. The fraction of sp³-hybridized carbons (Fsp3) is 0.800. The number of aliphatic hydroxyl groups excluding tert-OH is 1. The Kier molecular flexibility index (Phi) is 5.01. The van der Waals surface area contributed by atoms with Gasteiger partial charge in [0.25, 0.3) is 0 Å². The van der Waals surface area contributed by atoms with E-state index < -0.39 is 5.56 Å². The molecule has 48 valence electrons. The van der Waals surface area contributed by atoms with E-state index in [0.29, 0.717) is 6.54 Å². The molecule has 0 spiro atoms. The zero-order valence-electron chi connectivity index (χ0n) is 4.84. The van der Waals surface area contributed by atoms with Gasteiger partial charge in [0.1, 0.15) is 5.56 Å². The van der Waals surface area contributed by atoms with Crippen molar-refractivity contribution < 1.29 is 5.11 Å². The predicted molar refractivity (Wildman–Crippen MR) is 35.5 cm³/mol. The van der Waals surface area contributed by atoms with E-state index in [0.717, 1.165) is 6.42 Å². The molecule has 0 aromatic heterocycles. The molecule has 0 aromatic rings. The molecule has 0 saturated carbocycles. The van der Waals surface area contributed by atoms with Crippen LogP contribution in [0.3, 0.4) is 0 Å². The van der Waals surface area contributed by atoms with E-state index in [1.807, 2.05) is 6.92 Å². The van der Waals surface area contributed by atoms with Crippen LogP contribution in [0, 0.1) is 0 Å². The molecule has 0 fully saturated rings. The van der Waals surface area contributed by atoms with Crippen molar-refractivity contribution in [2.45, 2.75) is 18.9 Å². The van der Waals surface area contributed by atoms with Crippen LogP contribution in [0.25, 0.3) is 0 Å². The molecule has 0 saturated heterocycles. The summed E-state index contributed by atoms with van der Waals surface area (Å²) in [6.07, 6.45) is 2.62. The molecule has 0 bridgehead atoms. The Morgan fingerprint density at radius 3 is 2.88 bits per heavy atom. The minimum atomic E-state index is -0.821. The van der Waals surface area contributed by atoms with Gasteiger partial charge in [-0.2, -0.15) is 0 Å². The lowest BCUT2D eigenvalue weighted by Gasteiger charge is -1.91.